The van der Waals surface area contributed by atoms with E-state index >= 15 is 0 Å². The third kappa shape index (κ3) is 3.17. The quantitative estimate of drug-likeness (QED) is 0.870. The Kier molecular flexibility index (Phi) is 4.63. The average Bonchev–Trinajstić information content (AvgIpc) is 2.89. The summed E-state index contributed by atoms with van der Waals surface area (Å²) in [6, 6.07) is 5.08. The molecule has 2 aromatic rings. The Morgan fingerprint density at radius 1 is 1.32 bits per heavy atom. The summed E-state index contributed by atoms with van der Waals surface area (Å²) in [5.41, 5.74) is 1.86. The summed E-state index contributed by atoms with van der Waals surface area (Å²) in [5.74, 6) is -0.318. The maximum absolute atomic E-state index is 13.0. The van der Waals surface area contributed by atoms with Crippen molar-refractivity contribution in [3.8, 4) is 0 Å². The molecule has 0 aliphatic heterocycles. The molecule has 2 rings (SSSR count). The van der Waals surface area contributed by atoms with Gasteiger partial charge in [0.15, 0.2) is 0 Å². The van der Waals surface area contributed by atoms with Gasteiger partial charge >= 0.3 is 0 Å². The molecule has 0 bridgehead atoms. The first-order valence-corrected chi connectivity index (χ1v) is 6.62. The number of hydrogen-bond donors (Lipinski definition) is 1. The average molecular weight is 262 g/mol. The van der Waals surface area contributed by atoms with E-state index in [1.165, 1.54) is 12.3 Å². The number of halogens is 1. The maximum atomic E-state index is 13.0. The van der Waals surface area contributed by atoms with Gasteiger partial charge in [0.2, 0.25) is 0 Å². The lowest BCUT2D eigenvalue weighted by molar-refractivity contribution is 0.519. The number of aromatic nitrogens is 3. The molecule has 1 unspecified atom stereocenters. The number of hydrogen-bond acceptors (Lipinski definition) is 3. The van der Waals surface area contributed by atoms with Gasteiger partial charge in [-0.15, -0.1) is 0 Å². The SMILES string of the molecule is CCCNC(c1ccc(F)cn1)c1ccnn1CC. The highest BCUT2D eigenvalue weighted by molar-refractivity contribution is 5.22. The third-order valence-corrected chi connectivity index (χ3v) is 2.99. The van der Waals surface area contributed by atoms with Crippen LogP contribution in [0.2, 0.25) is 0 Å². The molecule has 0 amide bonds. The van der Waals surface area contributed by atoms with Crippen molar-refractivity contribution < 1.29 is 4.39 Å². The predicted octanol–water partition coefficient (Wildman–Crippen LogP) is 2.53. The van der Waals surface area contributed by atoms with E-state index in [2.05, 4.69) is 22.3 Å². The molecule has 0 saturated carbocycles. The molecular formula is C14H19FN4. The molecule has 0 aliphatic carbocycles. The second-order valence-corrected chi connectivity index (χ2v) is 4.36. The van der Waals surface area contributed by atoms with Gasteiger partial charge in [0, 0.05) is 12.7 Å². The molecule has 102 valence electrons. The lowest BCUT2D eigenvalue weighted by Crippen LogP contribution is -2.26. The molecule has 1 N–H and O–H groups in total. The minimum atomic E-state index is -0.318. The zero-order valence-corrected chi connectivity index (χ0v) is 11.3. The standard InChI is InChI=1S/C14H19FN4/c1-3-8-16-14(12-6-5-11(15)10-17-12)13-7-9-18-19(13)4-2/h5-7,9-10,14,16H,3-4,8H2,1-2H3. The Balaban J connectivity index is 2.32. The summed E-state index contributed by atoms with van der Waals surface area (Å²) in [5, 5.41) is 7.72. The normalized spacial score (nSPS) is 12.6. The van der Waals surface area contributed by atoms with Crippen molar-refractivity contribution in [3.05, 3.63) is 47.8 Å². The van der Waals surface area contributed by atoms with Crippen LogP contribution in [0.1, 0.15) is 37.7 Å². The Bertz CT molecular complexity index is 506. The molecule has 2 heterocycles. The van der Waals surface area contributed by atoms with E-state index in [-0.39, 0.29) is 11.9 Å². The van der Waals surface area contributed by atoms with Crippen molar-refractivity contribution in [2.75, 3.05) is 6.54 Å². The van der Waals surface area contributed by atoms with Gasteiger partial charge in [-0.1, -0.05) is 6.92 Å². The lowest BCUT2D eigenvalue weighted by atomic mass is 10.1. The first kappa shape index (κ1) is 13.7. The van der Waals surface area contributed by atoms with E-state index in [0.717, 1.165) is 30.9 Å². The second kappa shape index (κ2) is 6.43. The molecule has 19 heavy (non-hydrogen) atoms. The largest absolute Gasteiger partial charge is 0.304 e. The summed E-state index contributed by atoms with van der Waals surface area (Å²) in [4.78, 5) is 4.18. The zero-order valence-electron chi connectivity index (χ0n) is 11.3. The number of nitrogens with one attached hydrogen (secondary N) is 1. The highest BCUT2D eigenvalue weighted by Gasteiger charge is 2.18. The van der Waals surface area contributed by atoms with Crippen LogP contribution in [0.25, 0.3) is 0 Å². The third-order valence-electron chi connectivity index (χ3n) is 2.99. The molecule has 1 atom stereocenters. The van der Waals surface area contributed by atoms with E-state index in [4.69, 9.17) is 0 Å². The van der Waals surface area contributed by atoms with Crippen LogP contribution in [0.15, 0.2) is 30.6 Å². The van der Waals surface area contributed by atoms with Gasteiger partial charge in [-0.05, 0) is 38.1 Å². The van der Waals surface area contributed by atoms with Gasteiger partial charge in [-0.25, -0.2) is 4.39 Å². The van der Waals surface area contributed by atoms with Gasteiger partial charge in [-0.2, -0.15) is 5.10 Å². The topological polar surface area (TPSA) is 42.7 Å². The molecule has 0 saturated heterocycles. The minimum absolute atomic E-state index is 0.0528. The van der Waals surface area contributed by atoms with Crippen molar-refractivity contribution >= 4 is 0 Å². The van der Waals surface area contributed by atoms with Crippen molar-refractivity contribution in [2.24, 2.45) is 0 Å². The van der Waals surface area contributed by atoms with Gasteiger partial charge in [-0.3, -0.25) is 9.67 Å². The van der Waals surface area contributed by atoms with Crippen LogP contribution in [0.5, 0.6) is 0 Å². The van der Waals surface area contributed by atoms with E-state index in [9.17, 15) is 4.39 Å². The predicted molar refractivity (Wildman–Crippen MR) is 72.2 cm³/mol. The first-order chi connectivity index (χ1) is 9.26. The van der Waals surface area contributed by atoms with Crippen LogP contribution < -0.4 is 5.32 Å². The van der Waals surface area contributed by atoms with E-state index in [1.807, 2.05) is 17.7 Å². The van der Waals surface area contributed by atoms with Crippen LogP contribution in [0.4, 0.5) is 4.39 Å². The lowest BCUT2D eigenvalue weighted by Gasteiger charge is -2.19. The number of aryl methyl sites for hydroxylation is 1. The van der Waals surface area contributed by atoms with Gasteiger partial charge < -0.3 is 5.32 Å². The van der Waals surface area contributed by atoms with E-state index < -0.39 is 0 Å². The Labute approximate surface area is 112 Å². The van der Waals surface area contributed by atoms with Crippen molar-refractivity contribution in [3.63, 3.8) is 0 Å². The summed E-state index contributed by atoms with van der Waals surface area (Å²) in [6.45, 7) is 5.83. The van der Waals surface area contributed by atoms with Crippen LogP contribution in [0.3, 0.4) is 0 Å². The van der Waals surface area contributed by atoms with Gasteiger partial charge in [0.25, 0.3) is 0 Å². The fraction of sp³-hybridized carbons (Fsp3) is 0.429. The molecule has 0 spiro atoms. The monoisotopic (exact) mass is 262 g/mol. The molecule has 4 nitrogen and oxygen atoms in total. The Hall–Kier alpha value is -1.75. The molecule has 2 aromatic heterocycles. The Morgan fingerprint density at radius 3 is 2.79 bits per heavy atom. The fourth-order valence-corrected chi connectivity index (χ4v) is 2.06. The number of rotatable bonds is 6. The summed E-state index contributed by atoms with van der Waals surface area (Å²) in [6.07, 6.45) is 4.06. The van der Waals surface area contributed by atoms with Gasteiger partial charge in [0.1, 0.15) is 5.82 Å². The Morgan fingerprint density at radius 2 is 2.16 bits per heavy atom. The van der Waals surface area contributed by atoms with E-state index in [1.54, 1.807) is 12.3 Å². The van der Waals surface area contributed by atoms with Crippen LogP contribution in [0, 0.1) is 5.82 Å². The van der Waals surface area contributed by atoms with E-state index in [0.29, 0.717) is 0 Å². The second-order valence-electron chi connectivity index (χ2n) is 4.36. The highest BCUT2D eigenvalue weighted by Crippen LogP contribution is 2.20. The summed E-state index contributed by atoms with van der Waals surface area (Å²) < 4.78 is 14.9. The van der Waals surface area contributed by atoms with Gasteiger partial charge in [0.05, 0.1) is 23.6 Å². The first-order valence-electron chi connectivity index (χ1n) is 6.62. The molecule has 0 aromatic carbocycles. The number of nitrogens with zero attached hydrogens (tertiary/aromatic N) is 3. The van der Waals surface area contributed by atoms with Crippen LogP contribution >= 0.6 is 0 Å². The van der Waals surface area contributed by atoms with Crippen molar-refractivity contribution in [2.45, 2.75) is 32.9 Å². The zero-order chi connectivity index (χ0) is 13.7. The van der Waals surface area contributed by atoms with Crippen LogP contribution in [-0.4, -0.2) is 21.3 Å². The maximum Gasteiger partial charge on any atom is 0.141 e. The molecular weight excluding hydrogens is 243 g/mol. The molecule has 0 aliphatic rings. The smallest absolute Gasteiger partial charge is 0.141 e. The highest BCUT2D eigenvalue weighted by atomic mass is 19.1. The number of pyridine rings is 1. The molecule has 0 radical (unpaired) electrons. The van der Waals surface area contributed by atoms with Crippen LogP contribution in [-0.2, 0) is 6.54 Å². The summed E-state index contributed by atoms with van der Waals surface area (Å²) in [7, 11) is 0. The minimum Gasteiger partial charge on any atom is -0.304 e. The van der Waals surface area contributed by atoms with Crippen molar-refractivity contribution in [1.82, 2.24) is 20.1 Å². The fourth-order valence-electron chi connectivity index (χ4n) is 2.06. The molecule has 0 fully saturated rings. The molecule has 5 heteroatoms. The van der Waals surface area contributed by atoms with Crippen molar-refractivity contribution in [1.29, 1.82) is 0 Å². The summed E-state index contributed by atoms with van der Waals surface area (Å²) >= 11 is 0.